The van der Waals surface area contributed by atoms with E-state index in [9.17, 15) is 9.59 Å². The maximum Gasteiger partial charge on any atom is 0.337 e. The molecule has 2 aliphatic rings. The molecule has 34 heavy (non-hydrogen) atoms. The van der Waals surface area contributed by atoms with Crippen molar-refractivity contribution in [2.75, 3.05) is 20.8 Å². The van der Waals surface area contributed by atoms with Gasteiger partial charge < -0.3 is 14.2 Å². The van der Waals surface area contributed by atoms with Crippen LogP contribution in [0.5, 0.6) is 5.75 Å². The van der Waals surface area contributed by atoms with E-state index in [1.165, 1.54) is 23.8 Å². The summed E-state index contributed by atoms with van der Waals surface area (Å²) in [6.07, 6.45) is 4.51. The number of allylic oxidation sites excluding steroid dienone is 2. The molecule has 0 N–H and O–H groups in total. The minimum atomic E-state index is -1.02. The molecule has 1 aromatic carbocycles. The standard InChI is InChI=1S/C29H38O5/c1-19(10-9-11-21-13-15-22(32-5)16-14-21)20(2)26-24-18-25(30)23(27(24)26)12-7-8-17-34-29(3,4)28(31)33-6/h13-16,23-24,26-27H,9-12,17-18H2,1-6H3. The molecule has 0 saturated heterocycles. The second-order valence-electron chi connectivity index (χ2n) is 10.1. The van der Waals surface area contributed by atoms with Crippen LogP contribution in [0.15, 0.2) is 35.4 Å². The second-order valence-corrected chi connectivity index (χ2v) is 10.1. The van der Waals surface area contributed by atoms with Crippen LogP contribution < -0.4 is 4.74 Å². The van der Waals surface area contributed by atoms with Gasteiger partial charge in [0, 0.05) is 18.8 Å². The summed E-state index contributed by atoms with van der Waals surface area (Å²) < 4.78 is 15.5. The molecule has 0 heterocycles. The summed E-state index contributed by atoms with van der Waals surface area (Å²) in [6, 6.07) is 8.30. The summed E-state index contributed by atoms with van der Waals surface area (Å²) in [7, 11) is 3.03. The topological polar surface area (TPSA) is 61.8 Å². The molecular formula is C29H38O5. The van der Waals surface area contributed by atoms with E-state index in [4.69, 9.17) is 14.2 Å². The van der Waals surface area contributed by atoms with Crippen molar-refractivity contribution in [2.45, 2.75) is 65.4 Å². The van der Waals surface area contributed by atoms with Crippen LogP contribution in [0.25, 0.3) is 0 Å². The molecule has 5 nitrogen and oxygen atoms in total. The molecular weight excluding hydrogens is 428 g/mol. The molecule has 5 heteroatoms. The summed E-state index contributed by atoms with van der Waals surface area (Å²) in [4.78, 5) is 24.2. The molecule has 0 aliphatic heterocycles. The molecule has 184 valence electrons. The van der Waals surface area contributed by atoms with E-state index in [1.807, 2.05) is 12.1 Å². The van der Waals surface area contributed by atoms with Crippen molar-refractivity contribution in [3.63, 3.8) is 0 Å². The third-order valence-electron chi connectivity index (χ3n) is 7.52. The van der Waals surface area contributed by atoms with Gasteiger partial charge in [0.25, 0.3) is 0 Å². The van der Waals surface area contributed by atoms with Gasteiger partial charge in [-0.25, -0.2) is 4.79 Å². The number of methoxy groups -OCH3 is 2. The van der Waals surface area contributed by atoms with Crippen molar-refractivity contribution >= 4 is 11.8 Å². The quantitative estimate of drug-likeness (QED) is 0.271. The molecule has 0 aromatic heterocycles. The highest BCUT2D eigenvalue weighted by atomic mass is 16.6. The summed E-state index contributed by atoms with van der Waals surface area (Å²) in [5, 5.41) is 0. The SMILES string of the molecule is COC(=O)C(C)(C)OCC#CCC1C(=O)CC2C(C(C)=C(C)CCCc3ccc(OC)cc3)C12. The van der Waals surface area contributed by atoms with Crippen molar-refractivity contribution in [2.24, 2.45) is 23.7 Å². The summed E-state index contributed by atoms with van der Waals surface area (Å²) in [5.41, 5.74) is 3.24. The number of Topliss-reactive ketones (excluding diaryl/α,β-unsaturated/α-hetero) is 1. The lowest BCUT2D eigenvalue weighted by Crippen LogP contribution is -2.36. The van der Waals surface area contributed by atoms with Crippen LogP contribution in [0.2, 0.25) is 0 Å². The summed E-state index contributed by atoms with van der Waals surface area (Å²) in [5.74, 6) is 8.39. The lowest BCUT2D eigenvalue weighted by molar-refractivity contribution is -0.163. The zero-order valence-electron chi connectivity index (χ0n) is 21.4. The molecule has 2 aliphatic carbocycles. The van der Waals surface area contributed by atoms with E-state index >= 15 is 0 Å². The number of benzene rings is 1. The van der Waals surface area contributed by atoms with Crippen LogP contribution in [0.3, 0.4) is 0 Å². The van der Waals surface area contributed by atoms with Crippen molar-refractivity contribution in [3.8, 4) is 17.6 Å². The first-order valence-electron chi connectivity index (χ1n) is 12.2. The average Bonchev–Trinajstić information content (AvgIpc) is 3.42. The number of carbonyl (C=O) groups is 2. The fraction of sp³-hybridized carbons (Fsp3) is 0.586. The molecule has 4 unspecified atom stereocenters. The molecule has 0 amide bonds. The Morgan fingerprint density at radius 3 is 2.47 bits per heavy atom. The highest BCUT2D eigenvalue weighted by molar-refractivity contribution is 5.86. The molecule has 2 saturated carbocycles. The summed E-state index contributed by atoms with van der Waals surface area (Å²) in [6.45, 7) is 7.96. The van der Waals surface area contributed by atoms with Crippen LogP contribution in [0.1, 0.15) is 58.9 Å². The minimum absolute atomic E-state index is 0.0261. The lowest BCUT2D eigenvalue weighted by Gasteiger charge is -2.20. The molecule has 0 radical (unpaired) electrons. The van der Waals surface area contributed by atoms with Gasteiger partial charge in [-0.3, -0.25) is 4.79 Å². The van der Waals surface area contributed by atoms with Gasteiger partial charge in [-0.15, -0.1) is 5.92 Å². The Morgan fingerprint density at radius 2 is 1.82 bits per heavy atom. The van der Waals surface area contributed by atoms with Gasteiger partial charge in [-0.2, -0.15) is 0 Å². The number of hydrogen-bond acceptors (Lipinski definition) is 5. The second kappa shape index (κ2) is 11.2. The molecule has 0 bridgehead atoms. The van der Waals surface area contributed by atoms with Gasteiger partial charge in [0.1, 0.15) is 18.1 Å². The summed E-state index contributed by atoms with van der Waals surface area (Å²) >= 11 is 0. The van der Waals surface area contributed by atoms with Gasteiger partial charge in [-0.1, -0.05) is 29.2 Å². The van der Waals surface area contributed by atoms with Crippen molar-refractivity contribution in [1.82, 2.24) is 0 Å². The molecule has 0 spiro atoms. The normalized spacial score (nSPS) is 24.0. The van der Waals surface area contributed by atoms with Crippen LogP contribution in [-0.4, -0.2) is 38.2 Å². The van der Waals surface area contributed by atoms with E-state index < -0.39 is 11.6 Å². The van der Waals surface area contributed by atoms with E-state index in [2.05, 4.69) is 37.8 Å². The zero-order valence-corrected chi connectivity index (χ0v) is 21.4. The lowest BCUT2D eigenvalue weighted by atomic mass is 9.90. The molecule has 3 rings (SSSR count). The number of ether oxygens (including phenoxy) is 3. The Morgan fingerprint density at radius 1 is 1.12 bits per heavy atom. The van der Waals surface area contributed by atoms with Crippen LogP contribution in [0, 0.1) is 35.5 Å². The maximum absolute atomic E-state index is 12.5. The maximum atomic E-state index is 12.5. The van der Waals surface area contributed by atoms with E-state index in [0.29, 0.717) is 36.4 Å². The predicted octanol–water partition coefficient (Wildman–Crippen LogP) is 5.17. The first-order chi connectivity index (χ1) is 16.2. The van der Waals surface area contributed by atoms with E-state index in [0.717, 1.165) is 25.0 Å². The Kier molecular flexibility index (Phi) is 8.60. The fourth-order valence-electron chi connectivity index (χ4n) is 5.26. The Balaban J connectivity index is 1.48. The van der Waals surface area contributed by atoms with Gasteiger partial charge in [-0.05, 0) is 82.4 Å². The van der Waals surface area contributed by atoms with Crippen molar-refractivity contribution < 1.29 is 23.8 Å². The largest absolute Gasteiger partial charge is 0.497 e. The first kappa shape index (κ1) is 26.0. The van der Waals surface area contributed by atoms with E-state index in [1.54, 1.807) is 21.0 Å². The third-order valence-corrected chi connectivity index (χ3v) is 7.52. The number of rotatable bonds is 10. The van der Waals surface area contributed by atoms with Crippen LogP contribution in [0.4, 0.5) is 0 Å². The smallest absolute Gasteiger partial charge is 0.337 e. The van der Waals surface area contributed by atoms with Gasteiger partial charge >= 0.3 is 5.97 Å². The fourth-order valence-corrected chi connectivity index (χ4v) is 5.26. The van der Waals surface area contributed by atoms with Crippen LogP contribution >= 0.6 is 0 Å². The average molecular weight is 467 g/mol. The van der Waals surface area contributed by atoms with Gasteiger partial charge in [0.05, 0.1) is 14.2 Å². The van der Waals surface area contributed by atoms with Gasteiger partial charge in [0.15, 0.2) is 5.60 Å². The van der Waals surface area contributed by atoms with Crippen LogP contribution in [-0.2, 0) is 25.5 Å². The highest BCUT2D eigenvalue weighted by Gasteiger charge is 2.61. The third kappa shape index (κ3) is 6.10. The zero-order chi connectivity index (χ0) is 24.9. The molecule has 1 aromatic rings. The minimum Gasteiger partial charge on any atom is -0.497 e. The number of aryl methyl sites for hydroxylation is 1. The molecule has 4 atom stereocenters. The highest BCUT2D eigenvalue weighted by Crippen LogP contribution is 2.63. The number of ketones is 1. The Labute approximate surface area is 204 Å². The number of hydrogen-bond donors (Lipinski definition) is 0. The Bertz CT molecular complexity index is 976. The number of esters is 1. The first-order valence-corrected chi connectivity index (χ1v) is 12.2. The van der Waals surface area contributed by atoms with E-state index in [-0.39, 0.29) is 12.5 Å². The van der Waals surface area contributed by atoms with Crippen molar-refractivity contribution in [1.29, 1.82) is 0 Å². The van der Waals surface area contributed by atoms with Gasteiger partial charge in [0.2, 0.25) is 0 Å². The number of carbonyl (C=O) groups excluding carboxylic acids is 2. The molecule has 2 fully saturated rings. The monoisotopic (exact) mass is 466 g/mol. The predicted molar refractivity (Wildman–Crippen MR) is 132 cm³/mol. The van der Waals surface area contributed by atoms with Crippen molar-refractivity contribution in [3.05, 3.63) is 41.0 Å². The number of fused-ring (bicyclic) bond motifs is 1. The Hall–Kier alpha value is -2.58.